The zero-order chi connectivity index (χ0) is 17.1. The second-order valence-electron chi connectivity index (χ2n) is 4.59. The van der Waals surface area contributed by atoms with Gasteiger partial charge >= 0.3 is 7.25 Å². The summed E-state index contributed by atoms with van der Waals surface area (Å²) in [5.41, 5.74) is 3.72. The third-order valence-electron chi connectivity index (χ3n) is 2.82. The van der Waals surface area contributed by atoms with Crippen LogP contribution in [0.4, 0.5) is 23.0 Å². The number of allylic oxidation sites excluding steroid dienone is 1. The molecule has 0 heterocycles. The second kappa shape index (κ2) is 9.61. The smallest absolute Gasteiger partial charge is 0.418 e. The van der Waals surface area contributed by atoms with Gasteiger partial charge in [0.1, 0.15) is 0 Å². The Morgan fingerprint density at radius 3 is 2.09 bits per heavy atom. The van der Waals surface area contributed by atoms with Crippen molar-refractivity contribution in [2.45, 2.75) is 13.3 Å². The van der Waals surface area contributed by atoms with Gasteiger partial charge in [0.2, 0.25) is 5.69 Å². The minimum Gasteiger partial charge on any atom is -0.418 e. The van der Waals surface area contributed by atoms with Gasteiger partial charge < -0.3 is 17.3 Å². The van der Waals surface area contributed by atoms with Gasteiger partial charge in [-0.05, 0) is 18.1 Å². The molecule has 0 amide bonds. The Bertz CT molecular complexity index is 631. The number of para-hydroxylation sites is 1. The average Bonchev–Trinajstić information content (AvgIpc) is 2.51. The maximum Gasteiger partial charge on any atom is 0.673 e. The maximum absolute atomic E-state index is 9.75. The molecule has 0 spiro atoms. The minimum atomic E-state index is -6.00. The lowest BCUT2D eigenvalue weighted by Crippen LogP contribution is -2.61. The molecule has 0 radical (unpaired) electrons. The van der Waals surface area contributed by atoms with Crippen LogP contribution in [0.3, 0.4) is 0 Å². The number of nitrogens with one attached hydrogen (secondary N) is 1. The van der Waals surface area contributed by atoms with E-state index in [0.717, 1.165) is 6.42 Å². The molecule has 2 aromatic rings. The van der Waals surface area contributed by atoms with E-state index in [2.05, 4.69) is 54.4 Å². The van der Waals surface area contributed by atoms with Gasteiger partial charge in [-0.1, -0.05) is 55.5 Å². The van der Waals surface area contributed by atoms with Crippen molar-refractivity contribution in [3.05, 3.63) is 71.8 Å². The topological polar surface area (TPSA) is 14.0 Å². The van der Waals surface area contributed by atoms with Gasteiger partial charge in [0.25, 0.3) is 0 Å². The van der Waals surface area contributed by atoms with Crippen LogP contribution in [-0.4, -0.2) is 13.5 Å². The molecule has 2 aromatic carbocycles. The summed E-state index contributed by atoms with van der Waals surface area (Å²) in [4.78, 5) is 3.32. The average molecular weight is 323 g/mol. The predicted molar refractivity (Wildman–Crippen MR) is 88.2 cm³/mol. The van der Waals surface area contributed by atoms with Gasteiger partial charge in [-0.3, -0.25) is 0 Å². The van der Waals surface area contributed by atoms with E-state index >= 15 is 0 Å². The number of rotatable bonds is 4. The number of halogens is 4. The van der Waals surface area contributed by atoms with Crippen molar-refractivity contribution >= 4 is 25.2 Å². The lowest BCUT2D eigenvalue weighted by Gasteiger charge is -1.94. The molecule has 0 aliphatic rings. The third kappa shape index (κ3) is 9.29. The van der Waals surface area contributed by atoms with Crippen LogP contribution in [0, 0.1) is 0 Å². The Hall–Kier alpha value is -2.37. The molecular formula is C17H18BF4N. The molecule has 0 atom stereocenters. The van der Waals surface area contributed by atoms with Crippen LogP contribution in [0.5, 0.6) is 0 Å². The molecule has 1 N–H and O–H groups in total. The number of aryl methyl sites for hydroxylation is 1. The minimum absolute atomic E-state index is 1.04. The Morgan fingerprint density at radius 1 is 0.913 bits per heavy atom. The summed E-state index contributed by atoms with van der Waals surface area (Å²) < 4.78 is 39.0. The van der Waals surface area contributed by atoms with E-state index in [9.17, 15) is 17.3 Å². The zero-order valence-corrected chi connectivity index (χ0v) is 12.7. The van der Waals surface area contributed by atoms with Crippen molar-refractivity contribution in [1.29, 1.82) is 0 Å². The monoisotopic (exact) mass is 323 g/mol. The molecule has 122 valence electrons. The van der Waals surface area contributed by atoms with Crippen molar-refractivity contribution in [1.82, 2.24) is 0 Å². The highest BCUT2D eigenvalue weighted by molar-refractivity contribution is 6.50. The molecule has 0 aliphatic heterocycles. The molecule has 0 aliphatic carbocycles. The molecule has 6 heteroatoms. The lowest BCUT2D eigenvalue weighted by molar-refractivity contribution is -0.347. The summed E-state index contributed by atoms with van der Waals surface area (Å²) in [7, 11) is -6.00. The highest BCUT2D eigenvalue weighted by Crippen LogP contribution is 2.08. The molecule has 0 saturated heterocycles. The van der Waals surface area contributed by atoms with E-state index in [4.69, 9.17) is 0 Å². The number of benzene rings is 2. The summed E-state index contributed by atoms with van der Waals surface area (Å²) >= 11 is 0. The van der Waals surface area contributed by atoms with Crippen LogP contribution in [0.25, 0.3) is 6.08 Å². The Morgan fingerprint density at radius 2 is 1.48 bits per heavy atom. The fourth-order valence-electron chi connectivity index (χ4n) is 1.83. The SMILES string of the molecule is CCc1ccccc1[NH+]=CC=Cc1ccccc1.F[B-](F)(F)F. The number of hydrogen-bond acceptors (Lipinski definition) is 0. The van der Waals surface area contributed by atoms with E-state index in [0.29, 0.717) is 0 Å². The zero-order valence-electron chi connectivity index (χ0n) is 12.7. The Kier molecular flexibility index (Phi) is 7.81. The van der Waals surface area contributed by atoms with Gasteiger partial charge in [-0.25, -0.2) is 4.99 Å². The van der Waals surface area contributed by atoms with Crippen LogP contribution in [0.15, 0.2) is 60.7 Å². The molecule has 0 aromatic heterocycles. The van der Waals surface area contributed by atoms with E-state index < -0.39 is 7.25 Å². The molecule has 1 nitrogen and oxygen atoms in total. The summed E-state index contributed by atoms with van der Waals surface area (Å²) in [6.45, 7) is 2.17. The van der Waals surface area contributed by atoms with E-state index in [1.54, 1.807) is 0 Å². The van der Waals surface area contributed by atoms with E-state index in [1.807, 2.05) is 30.5 Å². The van der Waals surface area contributed by atoms with Crippen molar-refractivity contribution in [3.8, 4) is 0 Å². The molecule has 23 heavy (non-hydrogen) atoms. The Labute approximate surface area is 133 Å². The van der Waals surface area contributed by atoms with Crippen LogP contribution in [0.2, 0.25) is 0 Å². The van der Waals surface area contributed by atoms with Crippen LogP contribution >= 0.6 is 0 Å². The van der Waals surface area contributed by atoms with Gasteiger partial charge in [0.05, 0.1) is 0 Å². The van der Waals surface area contributed by atoms with Crippen molar-refractivity contribution in [3.63, 3.8) is 0 Å². The molecule has 0 bridgehead atoms. The Balaban J connectivity index is 0.000000463. The largest absolute Gasteiger partial charge is 0.673 e. The molecule has 2 rings (SSSR count). The van der Waals surface area contributed by atoms with Crippen LogP contribution in [0.1, 0.15) is 18.1 Å². The highest BCUT2D eigenvalue weighted by Gasteiger charge is 2.20. The summed E-state index contributed by atoms with van der Waals surface area (Å²) in [5, 5.41) is 0. The molecule has 0 saturated carbocycles. The predicted octanol–water partition coefficient (Wildman–Crippen LogP) is 4.05. The maximum atomic E-state index is 9.75. The normalized spacial score (nSPS) is 11.5. The van der Waals surface area contributed by atoms with Gasteiger partial charge in [0, 0.05) is 17.7 Å². The van der Waals surface area contributed by atoms with E-state index in [-0.39, 0.29) is 0 Å². The fraction of sp³-hybridized carbons (Fsp3) is 0.118. The number of hydrogen-bond donors (Lipinski definition) is 1. The van der Waals surface area contributed by atoms with Gasteiger partial charge in [-0.2, -0.15) is 0 Å². The molecule has 0 unspecified atom stereocenters. The van der Waals surface area contributed by atoms with E-state index in [1.165, 1.54) is 16.8 Å². The quantitative estimate of drug-likeness (QED) is 0.496. The first kappa shape index (κ1) is 18.7. The summed E-state index contributed by atoms with van der Waals surface area (Å²) in [6.07, 6.45) is 7.13. The first-order chi connectivity index (χ1) is 10.9. The second-order valence-corrected chi connectivity index (χ2v) is 4.59. The summed E-state index contributed by atoms with van der Waals surface area (Å²) in [6, 6.07) is 18.7. The first-order valence-corrected chi connectivity index (χ1v) is 7.17. The van der Waals surface area contributed by atoms with Gasteiger partial charge in [0.15, 0.2) is 6.21 Å². The first-order valence-electron chi connectivity index (χ1n) is 7.17. The van der Waals surface area contributed by atoms with Crippen LogP contribution in [-0.2, 0) is 6.42 Å². The van der Waals surface area contributed by atoms with Gasteiger partial charge in [-0.15, -0.1) is 0 Å². The summed E-state index contributed by atoms with van der Waals surface area (Å²) in [5.74, 6) is 0. The van der Waals surface area contributed by atoms with Crippen molar-refractivity contribution < 1.29 is 22.3 Å². The fourth-order valence-corrected chi connectivity index (χ4v) is 1.83. The standard InChI is InChI=1S/C17H17N.BF4/c1-2-16-12-6-7-13-17(16)18-14-8-11-15-9-4-3-5-10-15;2-1(3,4)5/h3-14H,2H2,1H3;/q;-1/p+1. The van der Waals surface area contributed by atoms with Crippen LogP contribution < -0.4 is 4.99 Å². The third-order valence-corrected chi connectivity index (χ3v) is 2.82. The highest BCUT2D eigenvalue weighted by atomic mass is 19.5. The lowest BCUT2D eigenvalue weighted by atomic mass is 10.1. The van der Waals surface area contributed by atoms with Crippen molar-refractivity contribution in [2.24, 2.45) is 0 Å². The molecule has 0 fully saturated rings. The molecular weight excluding hydrogens is 305 g/mol. The van der Waals surface area contributed by atoms with Crippen molar-refractivity contribution in [2.75, 3.05) is 0 Å².